The number of esters is 1. The second-order valence-corrected chi connectivity index (χ2v) is 5.57. The van der Waals surface area contributed by atoms with Crippen LogP contribution in [0.15, 0.2) is 18.2 Å². The van der Waals surface area contributed by atoms with Crippen LogP contribution >= 0.6 is 0 Å². The summed E-state index contributed by atoms with van der Waals surface area (Å²) in [6, 6.07) is 6.05. The van der Waals surface area contributed by atoms with Gasteiger partial charge >= 0.3 is 5.97 Å². The molecule has 0 bridgehead atoms. The van der Waals surface area contributed by atoms with E-state index >= 15 is 0 Å². The minimum Gasteiger partial charge on any atom is -0.465 e. The number of imidazole rings is 1. The van der Waals surface area contributed by atoms with E-state index in [1.807, 2.05) is 32.0 Å². The van der Waals surface area contributed by atoms with Crippen LogP contribution in [0.4, 0.5) is 0 Å². The van der Waals surface area contributed by atoms with Crippen molar-refractivity contribution in [2.24, 2.45) is 0 Å². The molecule has 0 amide bonds. The molecular weight excluding hydrogens is 252 g/mol. The average molecular weight is 272 g/mol. The van der Waals surface area contributed by atoms with Gasteiger partial charge in [0.1, 0.15) is 11.2 Å². The maximum absolute atomic E-state index is 12.4. The van der Waals surface area contributed by atoms with Gasteiger partial charge < -0.3 is 9.72 Å². The number of aromatic amines is 1. The van der Waals surface area contributed by atoms with Crippen molar-refractivity contribution in [1.29, 1.82) is 0 Å². The summed E-state index contributed by atoms with van der Waals surface area (Å²) in [7, 11) is 0. The quantitative estimate of drug-likeness (QED) is 0.873. The lowest BCUT2D eigenvalue weighted by Crippen LogP contribution is -2.35. The summed E-state index contributed by atoms with van der Waals surface area (Å²) >= 11 is 0. The summed E-state index contributed by atoms with van der Waals surface area (Å²) in [6.45, 7) is 4.31. The van der Waals surface area contributed by atoms with E-state index in [-0.39, 0.29) is 5.97 Å². The number of H-pyrrole nitrogens is 1. The summed E-state index contributed by atoms with van der Waals surface area (Å²) in [5.74, 6) is 0.645. The van der Waals surface area contributed by atoms with Crippen molar-refractivity contribution in [2.75, 3.05) is 6.61 Å². The number of ether oxygens (including phenoxy) is 1. The number of rotatable bonds is 3. The van der Waals surface area contributed by atoms with Crippen LogP contribution in [0.2, 0.25) is 0 Å². The van der Waals surface area contributed by atoms with Gasteiger partial charge in [-0.05, 0) is 38.3 Å². The molecule has 3 rings (SSSR count). The first-order chi connectivity index (χ1) is 9.67. The molecule has 4 nitrogen and oxygen atoms in total. The zero-order chi connectivity index (χ0) is 14.2. The normalized spacial score (nSPS) is 17.5. The Kier molecular flexibility index (Phi) is 3.24. The van der Waals surface area contributed by atoms with Crippen LogP contribution in [-0.2, 0) is 14.9 Å². The third-order valence-corrected chi connectivity index (χ3v) is 4.29. The number of para-hydroxylation sites is 1. The van der Waals surface area contributed by atoms with Gasteiger partial charge in [-0.3, -0.25) is 4.79 Å². The molecule has 1 fully saturated rings. The Morgan fingerprint density at radius 3 is 2.80 bits per heavy atom. The van der Waals surface area contributed by atoms with Crippen molar-refractivity contribution in [1.82, 2.24) is 9.97 Å². The first-order valence-corrected chi connectivity index (χ1v) is 7.30. The second-order valence-electron chi connectivity index (χ2n) is 5.57. The van der Waals surface area contributed by atoms with E-state index < -0.39 is 5.41 Å². The Labute approximate surface area is 118 Å². The first kappa shape index (κ1) is 13.2. The van der Waals surface area contributed by atoms with Gasteiger partial charge in [0.05, 0.1) is 17.6 Å². The van der Waals surface area contributed by atoms with Gasteiger partial charge in [0.2, 0.25) is 0 Å². The third kappa shape index (κ3) is 1.90. The van der Waals surface area contributed by atoms with E-state index in [1.54, 1.807) is 0 Å². The number of nitrogens with zero attached hydrogens (tertiary/aromatic N) is 1. The molecule has 0 radical (unpaired) electrons. The minimum absolute atomic E-state index is 0.130. The number of nitrogens with one attached hydrogen (secondary N) is 1. The first-order valence-electron chi connectivity index (χ1n) is 7.30. The zero-order valence-corrected chi connectivity index (χ0v) is 12.0. The van der Waals surface area contributed by atoms with E-state index in [0.29, 0.717) is 6.61 Å². The van der Waals surface area contributed by atoms with Crippen molar-refractivity contribution >= 4 is 17.0 Å². The molecule has 106 valence electrons. The van der Waals surface area contributed by atoms with Crippen molar-refractivity contribution in [3.63, 3.8) is 0 Å². The summed E-state index contributed by atoms with van der Waals surface area (Å²) in [6.07, 6.45) is 3.75. The molecule has 4 heteroatoms. The van der Waals surface area contributed by atoms with E-state index in [0.717, 1.165) is 48.1 Å². The standard InChI is InChI=1S/C16H20N2O2/c1-3-20-15(19)16(9-4-5-10-16)14-17-12-8-6-7-11(2)13(12)18-14/h6-8H,3-5,9-10H2,1-2H3,(H,17,18). The van der Waals surface area contributed by atoms with Gasteiger partial charge in [0.15, 0.2) is 0 Å². The highest BCUT2D eigenvalue weighted by Crippen LogP contribution is 2.41. The fourth-order valence-corrected chi connectivity index (χ4v) is 3.19. The largest absolute Gasteiger partial charge is 0.465 e. The monoisotopic (exact) mass is 272 g/mol. The number of fused-ring (bicyclic) bond motifs is 1. The fraction of sp³-hybridized carbons (Fsp3) is 0.500. The lowest BCUT2D eigenvalue weighted by atomic mass is 9.85. The van der Waals surface area contributed by atoms with Gasteiger partial charge in [0.25, 0.3) is 0 Å². The van der Waals surface area contributed by atoms with Crippen LogP contribution in [0, 0.1) is 6.92 Å². The van der Waals surface area contributed by atoms with E-state index in [4.69, 9.17) is 9.72 Å². The van der Waals surface area contributed by atoms with Crippen molar-refractivity contribution in [2.45, 2.75) is 44.9 Å². The second kappa shape index (κ2) is 4.93. The lowest BCUT2D eigenvalue weighted by molar-refractivity contribution is -0.150. The van der Waals surface area contributed by atoms with Crippen LogP contribution in [0.3, 0.4) is 0 Å². The summed E-state index contributed by atoms with van der Waals surface area (Å²) in [5.41, 5.74) is 2.51. The van der Waals surface area contributed by atoms with Gasteiger partial charge in [0, 0.05) is 0 Å². The molecule has 0 spiro atoms. The number of hydrogen-bond acceptors (Lipinski definition) is 3. The van der Waals surface area contributed by atoms with Crippen LogP contribution < -0.4 is 0 Å². The van der Waals surface area contributed by atoms with Gasteiger partial charge in [-0.15, -0.1) is 0 Å². The van der Waals surface area contributed by atoms with Crippen molar-refractivity contribution < 1.29 is 9.53 Å². The highest BCUT2D eigenvalue weighted by Gasteiger charge is 2.46. The molecule has 1 N–H and O–H groups in total. The van der Waals surface area contributed by atoms with Gasteiger partial charge in [-0.25, -0.2) is 4.98 Å². The van der Waals surface area contributed by atoms with Crippen LogP contribution in [0.5, 0.6) is 0 Å². The number of carbonyl (C=O) groups excluding carboxylic acids is 1. The fourth-order valence-electron chi connectivity index (χ4n) is 3.19. The molecule has 1 aliphatic carbocycles. The molecule has 2 aromatic rings. The summed E-state index contributed by atoms with van der Waals surface area (Å²) in [4.78, 5) is 20.5. The Hall–Kier alpha value is -1.84. The number of carbonyl (C=O) groups is 1. The number of benzene rings is 1. The van der Waals surface area contributed by atoms with Crippen molar-refractivity contribution in [3.8, 4) is 0 Å². The molecule has 0 saturated heterocycles. The van der Waals surface area contributed by atoms with Gasteiger partial charge in [-0.2, -0.15) is 0 Å². The number of hydrogen-bond donors (Lipinski definition) is 1. The Morgan fingerprint density at radius 1 is 1.40 bits per heavy atom. The maximum atomic E-state index is 12.4. The minimum atomic E-state index is -0.568. The Morgan fingerprint density at radius 2 is 2.15 bits per heavy atom. The van der Waals surface area contributed by atoms with E-state index in [2.05, 4.69) is 4.98 Å². The highest BCUT2D eigenvalue weighted by molar-refractivity contribution is 5.85. The molecule has 1 aliphatic rings. The molecule has 1 aromatic carbocycles. The molecule has 0 atom stereocenters. The molecular formula is C16H20N2O2. The number of aryl methyl sites for hydroxylation is 1. The zero-order valence-electron chi connectivity index (χ0n) is 12.0. The molecule has 1 heterocycles. The number of aromatic nitrogens is 2. The highest BCUT2D eigenvalue weighted by atomic mass is 16.5. The molecule has 0 unspecified atom stereocenters. The lowest BCUT2D eigenvalue weighted by Gasteiger charge is -2.23. The molecule has 20 heavy (non-hydrogen) atoms. The van der Waals surface area contributed by atoms with Crippen LogP contribution in [-0.4, -0.2) is 22.5 Å². The predicted octanol–water partition coefficient (Wildman–Crippen LogP) is 3.25. The predicted molar refractivity (Wildman–Crippen MR) is 77.6 cm³/mol. The Bertz CT molecular complexity index is 639. The third-order valence-electron chi connectivity index (χ3n) is 4.29. The molecule has 1 saturated carbocycles. The maximum Gasteiger partial charge on any atom is 0.319 e. The molecule has 0 aliphatic heterocycles. The van der Waals surface area contributed by atoms with Crippen LogP contribution in [0.25, 0.3) is 11.0 Å². The van der Waals surface area contributed by atoms with E-state index in [9.17, 15) is 4.79 Å². The van der Waals surface area contributed by atoms with Gasteiger partial charge in [-0.1, -0.05) is 25.0 Å². The summed E-state index contributed by atoms with van der Waals surface area (Å²) < 4.78 is 5.31. The topological polar surface area (TPSA) is 55.0 Å². The Balaban J connectivity index is 2.10. The van der Waals surface area contributed by atoms with Crippen molar-refractivity contribution in [3.05, 3.63) is 29.6 Å². The van der Waals surface area contributed by atoms with E-state index in [1.165, 1.54) is 0 Å². The van der Waals surface area contributed by atoms with Crippen LogP contribution in [0.1, 0.15) is 44.0 Å². The average Bonchev–Trinajstić information content (AvgIpc) is 3.07. The summed E-state index contributed by atoms with van der Waals surface area (Å²) in [5, 5.41) is 0. The molecule has 1 aromatic heterocycles. The smallest absolute Gasteiger partial charge is 0.319 e. The SMILES string of the molecule is CCOC(=O)C1(c2nc3c(C)cccc3[nH]2)CCCC1.